The van der Waals surface area contributed by atoms with Crippen molar-refractivity contribution in [1.82, 2.24) is 0 Å². The first-order valence-electron chi connectivity index (χ1n) is 9.45. The lowest BCUT2D eigenvalue weighted by Crippen LogP contribution is -2.30. The third kappa shape index (κ3) is 4.53. The van der Waals surface area contributed by atoms with Crippen LogP contribution in [0.4, 0.5) is 11.4 Å². The molecular formula is C22H26N2O6. The van der Waals surface area contributed by atoms with Crippen molar-refractivity contribution in [3.05, 3.63) is 59.5 Å². The molecule has 0 radical (unpaired) electrons. The van der Waals surface area contributed by atoms with Crippen LogP contribution in [0.25, 0.3) is 0 Å². The first kappa shape index (κ1) is 22.7. The van der Waals surface area contributed by atoms with E-state index in [0.717, 1.165) is 0 Å². The van der Waals surface area contributed by atoms with Crippen LogP contribution in [0.5, 0.6) is 0 Å². The van der Waals surface area contributed by atoms with Crippen molar-refractivity contribution in [2.75, 3.05) is 44.2 Å². The second-order valence-corrected chi connectivity index (χ2v) is 6.18. The van der Waals surface area contributed by atoms with E-state index in [1.807, 2.05) is 18.7 Å². The number of anilines is 2. The minimum atomic E-state index is -0.700. The lowest BCUT2D eigenvalue weighted by atomic mass is 10.1. The number of allylic oxidation sites excluding steroid dienone is 2. The Kier molecular flexibility index (Phi) is 7.80. The van der Waals surface area contributed by atoms with Crippen molar-refractivity contribution < 1.29 is 28.6 Å². The molecule has 0 atom stereocenters. The van der Waals surface area contributed by atoms with Crippen LogP contribution in [0.3, 0.4) is 0 Å². The van der Waals surface area contributed by atoms with Crippen LogP contribution in [-0.4, -0.2) is 52.3 Å². The molecule has 0 N–H and O–H groups in total. The van der Waals surface area contributed by atoms with Gasteiger partial charge in [0.15, 0.2) is 0 Å². The largest absolute Gasteiger partial charge is 0.465 e. The van der Waals surface area contributed by atoms with Crippen LogP contribution in [0.1, 0.15) is 24.2 Å². The standard InChI is InChI=1S/C22H26N2O6/c1-6-23(7-2)18-14-15(20(25)28-3)11-12-17(18)24-13-9-8-10-16(21(26)29-4)19(24)22(27)30-5/h8-14H,6-7H2,1-5H3. The zero-order chi connectivity index (χ0) is 22.3. The maximum absolute atomic E-state index is 12.7. The van der Waals surface area contributed by atoms with Gasteiger partial charge in [-0.2, -0.15) is 0 Å². The molecule has 0 aliphatic carbocycles. The van der Waals surface area contributed by atoms with Crippen molar-refractivity contribution in [1.29, 1.82) is 0 Å². The molecule has 8 heteroatoms. The highest BCUT2D eigenvalue weighted by Crippen LogP contribution is 2.35. The quantitative estimate of drug-likeness (QED) is 0.497. The number of hydrogen-bond donors (Lipinski definition) is 0. The summed E-state index contributed by atoms with van der Waals surface area (Å²) < 4.78 is 14.7. The van der Waals surface area contributed by atoms with E-state index in [1.54, 1.807) is 41.5 Å². The first-order chi connectivity index (χ1) is 14.4. The minimum Gasteiger partial charge on any atom is -0.465 e. The average molecular weight is 414 g/mol. The lowest BCUT2D eigenvalue weighted by Gasteiger charge is -2.30. The molecule has 0 saturated heterocycles. The molecule has 0 saturated carbocycles. The smallest absolute Gasteiger partial charge is 0.355 e. The van der Waals surface area contributed by atoms with E-state index in [1.165, 1.54) is 27.4 Å². The summed E-state index contributed by atoms with van der Waals surface area (Å²) in [6.45, 7) is 5.28. The van der Waals surface area contributed by atoms with Crippen LogP contribution in [-0.2, 0) is 23.8 Å². The molecule has 160 valence electrons. The Bertz CT molecular complexity index is 912. The number of hydrogen-bond acceptors (Lipinski definition) is 8. The van der Waals surface area contributed by atoms with Gasteiger partial charge in [-0.25, -0.2) is 14.4 Å². The van der Waals surface area contributed by atoms with Crippen LogP contribution in [0.2, 0.25) is 0 Å². The van der Waals surface area contributed by atoms with Gasteiger partial charge in [-0.15, -0.1) is 0 Å². The molecule has 0 amide bonds. The molecular weight excluding hydrogens is 388 g/mol. The third-order valence-electron chi connectivity index (χ3n) is 4.65. The fourth-order valence-corrected chi connectivity index (χ4v) is 3.14. The fraction of sp³-hybridized carbons (Fsp3) is 0.318. The molecule has 2 rings (SSSR count). The van der Waals surface area contributed by atoms with Crippen LogP contribution in [0.15, 0.2) is 53.9 Å². The Morgan fingerprint density at radius 2 is 1.53 bits per heavy atom. The van der Waals surface area contributed by atoms with Crippen LogP contribution in [0, 0.1) is 0 Å². The molecule has 0 bridgehead atoms. The number of nitrogens with zero attached hydrogens (tertiary/aromatic N) is 2. The summed E-state index contributed by atoms with van der Waals surface area (Å²) in [5.41, 5.74) is 1.72. The molecule has 30 heavy (non-hydrogen) atoms. The number of carbonyl (C=O) groups is 3. The maximum atomic E-state index is 12.7. The van der Waals surface area contributed by atoms with Crippen molar-refractivity contribution >= 4 is 29.3 Å². The highest BCUT2D eigenvalue weighted by molar-refractivity contribution is 6.06. The summed E-state index contributed by atoms with van der Waals surface area (Å²) in [7, 11) is 3.80. The Morgan fingerprint density at radius 3 is 2.10 bits per heavy atom. The van der Waals surface area contributed by atoms with E-state index in [4.69, 9.17) is 14.2 Å². The van der Waals surface area contributed by atoms with Gasteiger partial charge in [-0.3, -0.25) is 0 Å². The van der Waals surface area contributed by atoms with Gasteiger partial charge in [0.25, 0.3) is 0 Å². The summed E-state index contributed by atoms with van der Waals surface area (Å²) in [4.78, 5) is 40.7. The van der Waals surface area contributed by atoms with Crippen LogP contribution >= 0.6 is 0 Å². The summed E-state index contributed by atoms with van der Waals surface area (Å²) in [5, 5.41) is 0. The third-order valence-corrected chi connectivity index (χ3v) is 4.65. The van der Waals surface area contributed by atoms with Gasteiger partial charge in [0, 0.05) is 19.3 Å². The van der Waals surface area contributed by atoms with Gasteiger partial charge in [-0.1, -0.05) is 6.08 Å². The van der Waals surface area contributed by atoms with E-state index >= 15 is 0 Å². The maximum Gasteiger partial charge on any atom is 0.355 e. The molecule has 0 unspecified atom stereocenters. The zero-order valence-electron chi connectivity index (χ0n) is 17.8. The number of benzene rings is 1. The first-order valence-corrected chi connectivity index (χ1v) is 9.45. The Balaban J connectivity index is 2.79. The van der Waals surface area contributed by atoms with Crippen molar-refractivity contribution in [2.24, 2.45) is 0 Å². The van der Waals surface area contributed by atoms with Crippen molar-refractivity contribution in [2.45, 2.75) is 13.8 Å². The van der Waals surface area contributed by atoms with Gasteiger partial charge < -0.3 is 24.0 Å². The highest BCUT2D eigenvalue weighted by atomic mass is 16.5. The number of esters is 3. The van der Waals surface area contributed by atoms with E-state index in [9.17, 15) is 14.4 Å². The predicted molar refractivity (Wildman–Crippen MR) is 113 cm³/mol. The summed E-state index contributed by atoms with van der Waals surface area (Å²) in [6, 6.07) is 5.01. The number of methoxy groups -OCH3 is 3. The molecule has 1 aromatic rings. The normalized spacial score (nSPS) is 13.0. The Labute approximate surface area is 176 Å². The number of carbonyl (C=O) groups excluding carboxylic acids is 3. The summed E-state index contributed by atoms with van der Waals surface area (Å²) in [6.07, 6.45) is 6.47. The van der Waals surface area contributed by atoms with E-state index in [2.05, 4.69) is 0 Å². The lowest BCUT2D eigenvalue weighted by molar-refractivity contribution is -0.139. The van der Waals surface area contributed by atoms with Crippen LogP contribution < -0.4 is 9.80 Å². The highest BCUT2D eigenvalue weighted by Gasteiger charge is 2.29. The predicted octanol–water partition coefficient (Wildman–Crippen LogP) is 2.81. The SMILES string of the molecule is CCN(CC)c1cc(C(=O)OC)ccc1N1C=CC=CC(C(=O)OC)=C1C(=O)OC. The Morgan fingerprint density at radius 1 is 0.900 bits per heavy atom. The van der Waals surface area contributed by atoms with Gasteiger partial charge in [0.2, 0.25) is 0 Å². The van der Waals surface area contributed by atoms with E-state index in [-0.39, 0.29) is 11.3 Å². The second kappa shape index (κ2) is 10.3. The van der Waals surface area contributed by atoms with Gasteiger partial charge in [-0.05, 0) is 44.2 Å². The second-order valence-electron chi connectivity index (χ2n) is 6.18. The zero-order valence-corrected chi connectivity index (χ0v) is 17.8. The monoisotopic (exact) mass is 414 g/mol. The van der Waals surface area contributed by atoms with E-state index in [0.29, 0.717) is 30.0 Å². The number of ether oxygens (including phenoxy) is 3. The minimum absolute atomic E-state index is 0.00794. The van der Waals surface area contributed by atoms with Gasteiger partial charge in [0.05, 0.1) is 43.8 Å². The van der Waals surface area contributed by atoms with Crippen molar-refractivity contribution in [3.63, 3.8) is 0 Å². The molecule has 1 aliphatic rings. The Hall–Kier alpha value is -3.55. The molecule has 8 nitrogen and oxygen atoms in total. The van der Waals surface area contributed by atoms with Crippen molar-refractivity contribution in [3.8, 4) is 0 Å². The summed E-state index contributed by atoms with van der Waals surface area (Å²) >= 11 is 0. The molecule has 1 heterocycles. The topological polar surface area (TPSA) is 85.4 Å². The van der Waals surface area contributed by atoms with Gasteiger partial charge >= 0.3 is 17.9 Å². The molecule has 1 aromatic carbocycles. The molecule has 1 aliphatic heterocycles. The average Bonchev–Trinajstić information content (AvgIpc) is 3.01. The molecule has 0 spiro atoms. The molecule has 0 aromatic heterocycles. The van der Waals surface area contributed by atoms with Gasteiger partial charge in [0.1, 0.15) is 5.70 Å². The summed E-state index contributed by atoms with van der Waals surface area (Å²) in [5.74, 6) is -1.84. The fourth-order valence-electron chi connectivity index (χ4n) is 3.14. The van der Waals surface area contributed by atoms with E-state index < -0.39 is 17.9 Å². The molecule has 0 fully saturated rings. The number of rotatable bonds is 7.